The SMILES string of the molecule is CCOC(=O)CN1CCCCC1c1cccnc1. The quantitative estimate of drug-likeness (QED) is 0.766. The lowest BCUT2D eigenvalue weighted by atomic mass is 9.96. The van der Waals surface area contributed by atoms with Gasteiger partial charge >= 0.3 is 5.97 Å². The minimum absolute atomic E-state index is 0.131. The van der Waals surface area contributed by atoms with Gasteiger partial charge in [0, 0.05) is 18.4 Å². The Kier molecular flexibility index (Phi) is 4.70. The van der Waals surface area contributed by atoms with Gasteiger partial charge in [-0.25, -0.2) is 0 Å². The number of carbonyl (C=O) groups excluding carboxylic acids is 1. The summed E-state index contributed by atoms with van der Waals surface area (Å²) in [6.45, 7) is 3.63. The summed E-state index contributed by atoms with van der Waals surface area (Å²) in [7, 11) is 0. The highest BCUT2D eigenvalue weighted by Gasteiger charge is 2.25. The number of esters is 1. The van der Waals surface area contributed by atoms with E-state index in [9.17, 15) is 4.79 Å². The Balaban J connectivity index is 2.04. The van der Waals surface area contributed by atoms with Crippen molar-refractivity contribution in [2.24, 2.45) is 0 Å². The third-order valence-corrected chi connectivity index (χ3v) is 3.32. The number of carbonyl (C=O) groups is 1. The maximum atomic E-state index is 11.6. The van der Waals surface area contributed by atoms with Gasteiger partial charge in [0.2, 0.25) is 0 Å². The first-order chi connectivity index (χ1) is 8.81. The summed E-state index contributed by atoms with van der Waals surface area (Å²) in [6.07, 6.45) is 7.12. The second-order valence-corrected chi connectivity index (χ2v) is 4.57. The van der Waals surface area contributed by atoms with Crippen LogP contribution in [0.1, 0.15) is 37.8 Å². The van der Waals surface area contributed by atoms with Gasteiger partial charge in [0.15, 0.2) is 0 Å². The molecule has 1 aromatic rings. The lowest BCUT2D eigenvalue weighted by molar-refractivity contribution is -0.145. The fraction of sp³-hybridized carbons (Fsp3) is 0.571. The fourth-order valence-electron chi connectivity index (χ4n) is 2.50. The monoisotopic (exact) mass is 248 g/mol. The first-order valence-corrected chi connectivity index (χ1v) is 6.61. The van der Waals surface area contributed by atoms with Crippen LogP contribution in [0.2, 0.25) is 0 Å². The standard InChI is InChI=1S/C14H20N2O2/c1-2-18-14(17)11-16-9-4-3-7-13(16)12-6-5-8-15-10-12/h5-6,8,10,13H,2-4,7,9,11H2,1H3. The average Bonchev–Trinajstić information content (AvgIpc) is 2.40. The van der Waals surface area contributed by atoms with E-state index in [-0.39, 0.29) is 5.97 Å². The van der Waals surface area contributed by atoms with Crippen LogP contribution in [0.5, 0.6) is 0 Å². The summed E-state index contributed by atoms with van der Waals surface area (Å²) in [5, 5.41) is 0. The minimum Gasteiger partial charge on any atom is -0.465 e. The number of pyridine rings is 1. The maximum absolute atomic E-state index is 11.6. The minimum atomic E-state index is -0.131. The molecular weight excluding hydrogens is 228 g/mol. The summed E-state index contributed by atoms with van der Waals surface area (Å²) in [5.41, 5.74) is 1.20. The Morgan fingerprint density at radius 1 is 1.56 bits per heavy atom. The third-order valence-electron chi connectivity index (χ3n) is 3.32. The average molecular weight is 248 g/mol. The second kappa shape index (κ2) is 6.50. The molecule has 1 saturated heterocycles. The smallest absolute Gasteiger partial charge is 0.320 e. The number of piperidine rings is 1. The van der Waals surface area contributed by atoms with E-state index in [4.69, 9.17) is 4.74 Å². The van der Waals surface area contributed by atoms with Crippen LogP contribution in [0, 0.1) is 0 Å². The number of hydrogen-bond donors (Lipinski definition) is 0. The molecule has 0 amide bonds. The summed E-state index contributed by atoms with van der Waals surface area (Å²) in [4.78, 5) is 18.0. The van der Waals surface area contributed by atoms with Gasteiger partial charge in [-0.2, -0.15) is 0 Å². The van der Waals surface area contributed by atoms with E-state index in [1.807, 2.05) is 19.2 Å². The van der Waals surface area contributed by atoms with Crippen LogP contribution in [0.3, 0.4) is 0 Å². The van der Waals surface area contributed by atoms with Gasteiger partial charge in [-0.3, -0.25) is 14.7 Å². The van der Waals surface area contributed by atoms with Crippen LogP contribution in [-0.2, 0) is 9.53 Å². The van der Waals surface area contributed by atoms with Crippen LogP contribution in [0.4, 0.5) is 0 Å². The molecule has 0 saturated carbocycles. The maximum Gasteiger partial charge on any atom is 0.320 e. The topological polar surface area (TPSA) is 42.4 Å². The summed E-state index contributed by atoms with van der Waals surface area (Å²) >= 11 is 0. The first kappa shape index (κ1) is 13.0. The molecule has 2 rings (SSSR count). The molecule has 4 nitrogen and oxygen atoms in total. The summed E-state index contributed by atoms with van der Waals surface area (Å²) in [6, 6.07) is 4.34. The Hall–Kier alpha value is -1.42. The zero-order chi connectivity index (χ0) is 12.8. The lowest BCUT2D eigenvalue weighted by Crippen LogP contribution is -2.38. The van der Waals surface area contributed by atoms with Gasteiger partial charge in [0.05, 0.1) is 13.2 Å². The van der Waals surface area contributed by atoms with Crippen molar-refractivity contribution in [1.29, 1.82) is 0 Å². The van der Waals surface area contributed by atoms with Crippen molar-refractivity contribution < 1.29 is 9.53 Å². The molecule has 0 N–H and O–H groups in total. The van der Waals surface area contributed by atoms with Crippen LogP contribution >= 0.6 is 0 Å². The predicted octanol–water partition coefficient (Wildman–Crippen LogP) is 2.17. The molecule has 18 heavy (non-hydrogen) atoms. The Labute approximate surface area is 108 Å². The molecule has 1 aliphatic rings. The molecule has 98 valence electrons. The van der Waals surface area contributed by atoms with Gasteiger partial charge in [-0.1, -0.05) is 12.5 Å². The highest BCUT2D eigenvalue weighted by atomic mass is 16.5. The molecule has 0 radical (unpaired) electrons. The van der Waals surface area contributed by atoms with Crippen molar-refractivity contribution in [2.45, 2.75) is 32.2 Å². The van der Waals surface area contributed by atoms with Gasteiger partial charge in [0.1, 0.15) is 0 Å². The number of aromatic nitrogens is 1. The van der Waals surface area contributed by atoms with Crippen LogP contribution < -0.4 is 0 Å². The van der Waals surface area contributed by atoms with E-state index in [0.717, 1.165) is 19.4 Å². The number of likely N-dealkylation sites (tertiary alicyclic amines) is 1. The van der Waals surface area contributed by atoms with Crippen LogP contribution in [-0.4, -0.2) is 35.5 Å². The first-order valence-electron chi connectivity index (χ1n) is 6.61. The molecule has 1 aliphatic heterocycles. The number of nitrogens with zero attached hydrogens (tertiary/aromatic N) is 2. The Morgan fingerprint density at radius 2 is 2.44 bits per heavy atom. The van der Waals surface area contributed by atoms with Gasteiger partial charge in [0.25, 0.3) is 0 Å². The molecule has 1 atom stereocenters. The lowest BCUT2D eigenvalue weighted by Gasteiger charge is -2.34. The van der Waals surface area contributed by atoms with Crippen LogP contribution in [0.25, 0.3) is 0 Å². The molecule has 0 aliphatic carbocycles. The summed E-state index contributed by atoms with van der Waals surface area (Å²) < 4.78 is 5.03. The third kappa shape index (κ3) is 3.29. The number of rotatable bonds is 4. The van der Waals surface area contributed by atoms with Gasteiger partial charge < -0.3 is 4.74 Å². The Bertz CT molecular complexity index is 381. The molecule has 0 aromatic carbocycles. The van der Waals surface area contributed by atoms with Crippen molar-refractivity contribution >= 4 is 5.97 Å². The van der Waals surface area contributed by atoms with Crippen molar-refractivity contribution in [1.82, 2.24) is 9.88 Å². The van der Waals surface area contributed by atoms with Crippen molar-refractivity contribution in [2.75, 3.05) is 19.7 Å². The molecular formula is C14H20N2O2. The highest BCUT2D eigenvalue weighted by Crippen LogP contribution is 2.29. The molecule has 1 aromatic heterocycles. The zero-order valence-corrected chi connectivity index (χ0v) is 10.8. The molecule has 1 fully saturated rings. The highest BCUT2D eigenvalue weighted by molar-refractivity contribution is 5.71. The molecule has 4 heteroatoms. The van der Waals surface area contributed by atoms with Crippen LogP contribution in [0.15, 0.2) is 24.5 Å². The Morgan fingerprint density at radius 3 is 3.17 bits per heavy atom. The molecule has 2 heterocycles. The molecule has 0 spiro atoms. The van der Waals surface area contributed by atoms with Crippen molar-refractivity contribution in [3.05, 3.63) is 30.1 Å². The molecule has 1 unspecified atom stereocenters. The fourth-order valence-corrected chi connectivity index (χ4v) is 2.50. The zero-order valence-electron chi connectivity index (χ0n) is 10.8. The molecule has 0 bridgehead atoms. The number of hydrogen-bond acceptors (Lipinski definition) is 4. The number of ether oxygens (including phenoxy) is 1. The summed E-state index contributed by atoms with van der Waals surface area (Å²) in [5.74, 6) is -0.131. The van der Waals surface area contributed by atoms with Crippen molar-refractivity contribution in [3.8, 4) is 0 Å². The van der Waals surface area contributed by atoms with Gasteiger partial charge in [-0.15, -0.1) is 0 Å². The van der Waals surface area contributed by atoms with E-state index >= 15 is 0 Å². The van der Waals surface area contributed by atoms with E-state index in [0.29, 0.717) is 19.2 Å². The van der Waals surface area contributed by atoms with E-state index < -0.39 is 0 Å². The largest absolute Gasteiger partial charge is 0.465 e. The normalized spacial score (nSPS) is 20.6. The van der Waals surface area contributed by atoms with E-state index in [2.05, 4.69) is 16.0 Å². The van der Waals surface area contributed by atoms with Crippen molar-refractivity contribution in [3.63, 3.8) is 0 Å². The second-order valence-electron chi connectivity index (χ2n) is 4.57. The predicted molar refractivity (Wildman–Crippen MR) is 69.0 cm³/mol. The van der Waals surface area contributed by atoms with E-state index in [1.54, 1.807) is 6.20 Å². The van der Waals surface area contributed by atoms with E-state index in [1.165, 1.54) is 12.0 Å². The van der Waals surface area contributed by atoms with Gasteiger partial charge in [-0.05, 0) is 37.9 Å².